The number of halogens is 1. The van der Waals surface area contributed by atoms with Crippen LogP contribution in [-0.4, -0.2) is 31.0 Å². The average Bonchev–Trinajstić information content (AvgIpc) is 3.01. The highest BCUT2D eigenvalue weighted by molar-refractivity contribution is 6.31. The van der Waals surface area contributed by atoms with E-state index < -0.39 is 23.7 Å². The third kappa shape index (κ3) is 3.72. The Hall–Kier alpha value is -3.35. The smallest absolute Gasteiger partial charge is 0.264 e. The topological polar surface area (TPSA) is 76.1 Å². The van der Waals surface area contributed by atoms with E-state index in [1.54, 1.807) is 42.5 Å². The van der Waals surface area contributed by atoms with Crippen molar-refractivity contribution < 1.29 is 24.2 Å². The number of aliphatic hydroxyl groups is 1. The molecule has 0 aromatic heterocycles. The number of ether oxygens (including phenoxy) is 2. The number of carbonyl (C=O) groups excluding carboxylic acids is 2. The maximum Gasteiger partial charge on any atom is 0.264 e. The van der Waals surface area contributed by atoms with Gasteiger partial charge in [0.25, 0.3) is 5.91 Å². The summed E-state index contributed by atoms with van der Waals surface area (Å²) in [4.78, 5) is 28.0. The summed E-state index contributed by atoms with van der Waals surface area (Å²) in [5, 5.41) is 12.0. The zero-order valence-corrected chi connectivity index (χ0v) is 18.4. The maximum atomic E-state index is 13.4. The number of hydrogen-bond acceptors (Lipinski definition) is 5. The number of anilines is 1. The molecular weight excluding hydrogens is 430 g/mol. The van der Waals surface area contributed by atoms with E-state index in [2.05, 4.69) is 0 Å². The molecule has 0 bridgehead atoms. The van der Waals surface area contributed by atoms with Gasteiger partial charge >= 0.3 is 0 Å². The Morgan fingerprint density at radius 2 is 1.69 bits per heavy atom. The Labute approximate surface area is 191 Å². The largest absolute Gasteiger partial charge is 0.493 e. The summed E-state index contributed by atoms with van der Waals surface area (Å²) in [5.41, 5.74) is 0.0202. The van der Waals surface area contributed by atoms with Crippen molar-refractivity contribution >= 4 is 29.0 Å². The number of benzene rings is 3. The van der Waals surface area contributed by atoms with Crippen molar-refractivity contribution in [3.8, 4) is 11.5 Å². The lowest BCUT2D eigenvalue weighted by molar-refractivity contribution is -0.136. The van der Waals surface area contributed by atoms with E-state index in [1.165, 1.54) is 25.2 Å². The highest BCUT2D eigenvalue weighted by Gasteiger charge is 2.50. The van der Waals surface area contributed by atoms with E-state index in [4.69, 9.17) is 21.1 Å². The molecule has 1 amide bonds. The highest BCUT2D eigenvalue weighted by Crippen LogP contribution is 2.44. The first-order valence-corrected chi connectivity index (χ1v) is 10.4. The summed E-state index contributed by atoms with van der Waals surface area (Å²) in [5.74, 6) is -0.0801. The van der Waals surface area contributed by atoms with Gasteiger partial charge in [0.05, 0.1) is 32.9 Å². The van der Waals surface area contributed by atoms with Crippen molar-refractivity contribution in [3.05, 3.63) is 88.4 Å². The molecule has 1 heterocycles. The molecule has 4 rings (SSSR count). The van der Waals surface area contributed by atoms with Gasteiger partial charge in [-0.3, -0.25) is 9.59 Å². The van der Waals surface area contributed by atoms with Crippen molar-refractivity contribution in [2.24, 2.45) is 0 Å². The second-order valence-corrected chi connectivity index (χ2v) is 7.94. The Bertz CT molecular complexity index is 1190. The number of rotatable bonds is 7. The standard InChI is InChI=1S/C25H22ClNO5/c1-31-22-12-11-16(13-23(22)32-2)21(28)14-25(30)18-8-4-6-10-20(18)27(24(25)29)15-17-7-3-5-9-19(17)26/h3-13,30H,14-15H2,1-2H3. The minimum Gasteiger partial charge on any atom is -0.493 e. The van der Waals surface area contributed by atoms with Gasteiger partial charge in [0.2, 0.25) is 0 Å². The number of Topliss-reactive ketones (excluding diaryl/α,β-unsaturated/α-hetero) is 1. The third-order valence-corrected chi connectivity index (χ3v) is 6.02. The fourth-order valence-corrected chi connectivity index (χ4v) is 4.17. The summed E-state index contributed by atoms with van der Waals surface area (Å²) in [7, 11) is 2.98. The molecule has 3 aromatic carbocycles. The molecule has 0 radical (unpaired) electrons. The molecule has 7 heteroatoms. The third-order valence-electron chi connectivity index (χ3n) is 5.65. The number of hydrogen-bond donors (Lipinski definition) is 1. The SMILES string of the molecule is COc1ccc(C(=O)CC2(O)C(=O)N(Cc3ccccc3Cl)c3ccccc32)cc1OC. The zero-order chi connectivity index (χ0) is 22.9. The van der Waals surface area contributed by atoms with Crippen LogP contribution < -0.4 is 14.4 Å². The first-order chi connectivity index (χ1) is 15.4. The van der Waals surface area contributed by atoms with Crippen molar-refractivity contribution in [2.75, 3.05) is 19.1 Å². The van der Waals surface area contributed by atoms with Crippen LogP contribution in [0, 0.1) is 0 Å². The molecule has 1 aliphatic rings. The molecule has 1 N–H and O–H groups in total. The minimum absolute atomic E-state index is 0.183. The molecule has 1 aliphatic heterocycles. The van der Waals surface area contributed by atoms with Crippen LogP contribution in [0.5, 0.6) is 11.5 Å². The van der Waals surface area contributed by atoms with E-state index in [0.29, 0.717) is 33.3 Å². The minimum atomic E-state index is -1.98. The first-order valence-electron chi connectivity index (χ1n) is 10.0. The Morgan fingerprint density at radius 3 is 2.41 bits per heavy atom. The number of methoxy groups -OCH3 is 2. The van der Waals surface area contributed by atoms with Gasteiger partial charge in [0.15, 0.2) is 22.9 Å². The number of amides is 1. The predicted molar refractivity (Wildman–Crippen MR) is 121 cm³/mol. The van der Waals surface area contributed by atoms with E-state index in [0.717, 1.165) is 5.56 Å². The Kier molecular flexibility index (Phi) is 5.91. The van der Waals surface area contributed by atoms with Gasteiger partial charge in [-0.1, -0.05) is 48.0 Å². The molecule has 0 saturated heterocycles. The van der Waals surface area contributed by atoms with Crippen LogP contribution in [0.2, 0.25) is 5.02 Å². The van der Waals surface area contributed by atoms with Crippen LogP contribution in [0.25, 0.3) is 0 Å². The summed E-state index contributed by atoms with van der Waals surface area (Å²) < 4.78 is 10.5. The van der Waals surface area contributed by atoms with Crippen molar-refractivity contribution in [1.29, 1.82) is 0 Å². The lowest BCUT2D eigenvalue weighted by atomic mass is 9.88. The molecule has 0 saturated carbocycles. The van der Waals surface area contributed by atoms with Gasteiger partial charge in [0.1, 0.15) is 0 Å². The van der Waals surface area contributed by atoms with Gasteiger partial charge in [-0.2, -0.15) is 0 Å². The summed E-state index contributed by atoms with van der Waals surface area (Å²) >= 11 is 6.29. The van der Waals surface area contributed by atoms with E-state index >= 15 is 0 Å². The molecule has 32 heavy (non-hydrogen) atoms. The predicted octanol–water partition coefficient (Wildman–Crippen LogP) is 4.36. The summed E-state index contributed by atoms with van der Waals surface area (Å²) in [6, 6.07) is 18.9. The van der Waals surface area contributed by atoms with E-state index in [1.807, 2.05) is 18.2 Å². The van der Waals surface area contributed by atoms with Crippen LogP contribution in [0.15, 0.2) is 66.7 Å². The molecule has 6 nitrogen and oxygen atoms in total. The number of ketones is 1. The fourth-order valence-electron chi connectivity index (χ4n) is 3.98. The quantitative estimate of drug-likeness (QED) is 0.540. The van der Waals surface area contributed by atoms with Gasteiger partial charge in [-0.15, -0.1) is 0 Å². The zero-order valence-electron chi connectivity index (χ0n) is 17.7. The van der Waals surface area contributed by atoms with Crippen LogP contribution in [0.3, 0.4) is 0 Å². The Morgan fingerprint density at radius 1 is 1.00 bits per heavy atom. The molecule has 0 aliphatic carbocycles. The first kappa shape index (κ1) is 21.9. The maximum absolute atomic E-state index is 13.4. The summed E-state index contributed by atoms with van der Waals surface area (Å²) in [6.07, 6.45) is -0.405. The molecule has 164 valence electrons. The van der Waals surface area contributed by atoms with Gasteiger partial charge < -0.3 is 19.5 Å². The van der Waals surface area contributed by atoms with Gasteiger partial charge in [-0.05, 0) is 35.9 Å². The van der Waals surface area contributed by atoms with E-state index in [9.17, 15) is 14.7 Å². The molecular formula is C25H22ClNO5. The molecule has 0 spiro atoms. The molecule has 1 atom stereocenters. The van der Waals surface area contributed by atoms with Crippen molar-refractivity contribution in [2.45, 2.75) is 18.6 Å². The Balaban J connectivity index is 1.67. The summed E-state index contributed by atoms with van der Waals surface area (Å²) in [6.45, 7) is 0.183. The second kappa shape index (κ2) is 8.65. The van der Waals surface area contributed by atoms with Crippen molar-refractivity contribution in [1.82, 2.24) is 0 Å². The number of nitrogens with zero attached hydrogens (tertiary/aromatic N) is 1. The van der Waals surface area contributed by atoms with Crippen molar-refractivity contribution in [3.63, 3.8) is 0 Å². The van der Waals surface area contributed by atoms with Crippen LogP contribution in [-0.2, 0) is 16.9 Å². The monoisotopic (exact) mass is 451 g/mol. The van der Waals surface area contributed by atoms with Crippen LogP contribution >= 0.6 is 11.6 Å². The van der Waals surface area contributed by atoms with E-state index in [-0.39, 0.29) is 6.54 Å². The lowest BCUT2D eigenvalue weighted by Gasteiger charge is -2.23. The number of para-hydroxylation sites is 1. The number of fused-ring (bicyclic) bond motifs is 1. The second-order valence-electron chi connectivity index (χ2n) is 7.53. The molecule has 0 fully saturated rings. The molecule has 3 aromatic rings. The number of carbonyl (C=O) groups is 2. The van der Waals surface area contributed by atoms with Crippen LogP contribution in [0.4, 0.5) is 5.69 Å². The van der Waals surface area contributed by atoms with Crippen LogP contribution in [0.1, 0.15) is 27.9 Å². The average molecular weight is 452 g/mol. The molecule has 1 unspecified atom stereocenters. The fraction of sp³-hybridized carbons (Fsp3) is 0.200. The lowest BCUT2D eigenvalue weighted by Crippen LogP contribution is -2.41. The van der Waals surface area contributed by atoms with Gasteiger partial charge in [-0.25, -0.2) is 0 Å². The highest BCUT2D eigenvalue weighted by atomic mass is 35.5. The van der Waals surface area contributed by atoms with Gasteiger partial charge in [0, 0.05) is 16.1 Å². The normalized spacial score (nSPS) is 17.2.